The van der Waals surface area contributed by atoms with Crippen LogP contribution in [-0.4, -0.2) is 63.6 Å². The number of nitrogens with one attached hydrogen (secondary N) is 1. The number of esters is 1. The number of amides is 1. The Kier molecular flexibility index (Phi) is 8.60. The second kappa shape index (κ2) is 11.4. The van der Waals surface area contributed by atoms with Gasteiger partial charge < -0.3 is 14.8 Å². The SMILES string of the molecule is Cc1ccc(S(=O)(=O)N2CCOCC2)cc1C(=O)OCC(=O)NC(C)CCc1ccccc1. The number of hydrogen-bond acceptors (Lipinski definition) is 6. The number of carbonyl (C=O) groups excluding carboxylic acids is 2. The highest BCUT2D eigenvalue weighted by molar-refractivity contribution is 7.89. The average molecular weight is 475 g/mol. The third kappa shape index (κ3) is 6.86. The number of hydrogen-bond donors (Lipinski definition) is 1. The van der Waals surface area contributed by atoms with Crippen molar-refractivity contribution in [3.05, 3.63) is 65.2 Å². The van der Waals surface area contributed by atoms with Gasteiger partial charge in [-0.1, -0.05) is 36.4 Å². The Morgan fingerprint density at radius 3 is 2.52 bits per heavy atom. The van der Waals surface area contributed by atoms with Crippen molar-refractivity contribution in [1.29, 1.82) is 0 Å². The van der Waals surface area contributed by atoms with Crippen LogP contribution in [-0.2, 0) is 30.7 Å². The van der Waals surface area contributed by atoms with E-state index in [1.807, 2.05) is 37.3 Å². The molecule has 1 saturated heterocycles. The lowest BCUT2D eigenvalue weighted by Gasteiger charge is -2.26. The molecule has 1 atom stereocenters. The quantitative estimate of drug-likeness (QED) is 0.560. The Morgan fingerprint density at radius 1 is 1.12 bits per heavy atom. The Morgan fingerprint density at radius 2 is 1.82 bits per heavy atom. The van der Waals surface area contributed by atoms with E-state index in [0.29, 0.717) is 18.8 Å². The van der Waals surface area contributed by atoms with Gasteiger partial charge in [0.05, 0.1) is 23.7 Å². The fraction of sp³-hybridized carbons (Fsp3) is 0.417. The molecule has 2 aromatic rings. The summed E-state index contributed by atoms with van der Waals surface area (Å²) in [5.74, 6) is -1.14. The molecule has 8 nitrogen and oxygen atoms in total. The van der Waals surface area contributed by atoms with Crippen molar-refractivity contribution in [2.45, 2.75) is 37.6 Å². The van der Waals surface area contributed by atoms with Crippen molar-refractivity contribution >= 4 is 21.9 Å². The maximum absolute atomic E-state index is 12.9. The first kappa shape index (κ1) is 24.9. The van der Waals surface area contributed by atoms with Gasteiger partial charge in [-0.05, 0) is 49.9 Å². The molecule has 1 unspecified atom stereocenters. The van der Waals surface area contributed by atoms with Crippen LogP contribution in [0.25, 0.3) is 0 Å². The molecule has 1 N–H and O–H groups in total. The monoisotopic (exact) mass is 474 g/mol. The van der Waals surface area contributed by atoms with Gasteiger partial charge in [0.25, 0.3) is 5.91 Å². The second-order valence-electron chi connectivity index (χ2n) is 8.06. The first-order chi connectivity index (χ1) is 15.8. The molecule has 1 amide bonds. The van der Waals surface area contributed by atoms with E-state index in [0.717, 1.165) is 12.8 Å². The zero-order valence-electron chi connectivity index (χ0n) is 19.0. The molecule has 0 aromatic heterocycles. The summed E-state index contributed by atoms with van der Waals surface area (Å²) in [6, 6.07) is 14.2. The molecule has 33 heavy (non-hydrogen) atoms. The number of nitrogens with zero attached hydrogens (tertiary/aromatic N) is 1. The van der Waals surface area contributed by atoms with Crippen LogP contribution in [0.1, 0.15) is 34.8 Å². The summed E-state index contributed by atoms with van der Waals surface area (Å²) in [4.78, 5) is 24.8. The van der Waals surface area contributed by atoms with Gasteiger partial charge in [-0.25, -0.2) is 13.2 Å². The number of aryl methyl sites for hydroxylation is 2. The van der Waals surface area contributed by atoms with E-state index in [-0.39, 0.29) is 29.6 Å². The zero-order valence-corrected chi connectivity index (χ0v) is 19.8. The third-order valence-corrected chi connectivity index (χ3v) is 7.38. The molecule has 3 rings (SSSR count). The van der Waals surface area contributed by atoms with Gasteiger partial charge in [-0.3, -0.25) is 4.79 Å². The van der Waals surface area contributed by atoms with Crippen molar-refractivity contribution in [2.75, 3.05) is 32.9 Å². The normalized spacial score (nSPS) is 15.6. The Labute approximate surface area is 194 Å². The first-order valence-corrected chi connectivity index (χ1v) is 12.4. The van der Waals surface area contributed by atoms with Crippen LogP contribution in [0.5, 0.6) is 0 Å². The minimum absolute atomic E-state index is 0.0148. The smallest absolute Gasteiger partial charge is 0.338 e. The summed E-state index contributed by atoms with van der Waals surface area (Å²) in [6.07, 6.45) is 1.58. The van der Waals surface area contributed by atoms with E-state index in [9.17, 15) is 18.0 Å². The number of rotatable bonds is 9. The molecular formula is C24H30N2O6S. The summed E-state index contributed by atoms with van der Waals surface area (Å²) < 4.78 is 37.5. The Bertz CT molecular complexity index is 1070. The number of sulfonamides is 1. The molecule has 0 saturated carbocycles. The van der Waals surface area contributed by atoms with Gasteiger partial charge in [0.15, 0.2) is 6.61 Å². The van der Waals surface area contributed by atoms with Crippen molar-refractivity contribution < 1.29 is 27.5 Å². The minimum atomic E-state index is -3.74. The van der Waals surface area contributed by atoms with Crippen LogP contribution < -0.4 is 5.32 Å². The molecule has 1 heterocycles. The van der Waals surface area contributed by atoms with Crippen molar-refractivity contribution in [2.24, 2.45) is 0 Å². The fourth-order valence-electron chi connectivity index (χ4n) is 3.54. The summed E-state index contributed by atoms with van der Waals surface area (Å²) in [6.45, 7) is 4.34. The fourth-order valence-corrected chi connectivity index (χ4v) is 4.98. The summed E-state index contributed by atoms with van der Waals surface area (Å²) in [5.41, 5.74) is 1.87. The molecule has 1 aliphatic heterocycles. The zero-order chi connectivity index (χ0) is 23.8. The van der Waals surface area contributed by atoms with Gasteiger partial charge in [0.2, 0.25) is 10.0 Å². The number of morpholine rings is 1. The molecule has 0 spiro atoms. The van der Waals surface area contributed by atoms with E-state index >= 15 is 0 Å². The third-order valence-electron chi connectivity index (χ3n) is 5.49. The molecule has 0 aliphatic carbocycles. The molecule has 1 fully saturated rings. The van der Waals surface area contributed by atoms with E-state index in [1.54, 1.807) is 13.0 Å². The summed E-state index contributed by atoms with van der Waals surface area (Å²) in [7, 11) is -3.74. The van der Waals surface area contributed by atoms with E-state index in [1.165, 1.54) is 22.0 Å². The Balaban J connectivity index is 1.55. The van der Waals surface area contributed by atoms with Crippen LogP contribution >= 0.6 is 0 Å². The largest absolute Gasteiger partial charge is 0.452 e. The van der Waals surface area contributed by atoms with E-state index < -0.39 is 28.5 Å². The lowest BCUT2D eigenvalue weighted by molar-refractivity contribution is -0.124. The van der Waals surface area contributed by atoms with Crippen LogP contribution in [0, 0.1) is 6.92 Å². The maximum atomic E-state index is 12.9. The van der Waals surface area contributed by atoms with Crippen molar-refractivity contribution in [3.8, 4) is 0 Å². The van der Waals surface area contributed by atoms with E-state index in [2.05, 4.69) is 5.32 Å². The summed E-state index contributed by atoms with van der Waals surface area (Å²) >= 11 is 0. The topological polar surface area (TPSA) is 102 Å². The van der Waals surface area contributed by atoms with Gasteiger partial charge >= 0.3 is 5.97 Å². The lowest BCUT2D eigenvalue weighted by atomic mass is 10.1. The highest BCUT2D eigenvalue weighted by atomic mass is 32.2. The van der Waals surface area contributed by atoms with Gasteiger partial charge in [0.1, 0.15) is 0 Å². The van der Waals surface area contributed by atoms with Crippen LogP contribution in [0.3, 0.4) is 0 Å². The summed E-state index contributed by atoms with van der Waals surface area (Å²) in [5, 5.41) is 2.82. The predicted molar refractivity (Wildman–Crippen MR) is 123 cm³/mol. The minimum Gasteiger partial charge on any atom is -0.452 e. The number of ether oxygens (including phenoxy) is 2. The van der Waals surface area contributed by atoms with Crippen molar-refractivity contribution in [3.63, 3.8) is 0 Å². The molecule has 0 radical (unpaired) electrons. The molecule has 9 heteroatoms. The Hall–Kier alpha value is -2.75. The predicted octanol–water partition coefficient (Wildman–Crippen LogP) is 2.31. The van der Waals surface area contributed by atoms with E-state index in [4.69, 9.17) is 9.47 Å². The van der Waals surface area contributed by atoms with Gasteiger partial charge in [-0.15, -0.1) is 0 Å². The standard InChI is InChI=1S/C24H30N2O6S/c1-18-8-11-21(33(29,30)26-12-14-31-15-13-26)16-22(18)24(28)32-17-23(27)25-19(2)9-10-20-6-4-3-5-7-20/h3-8,11,16,19H,9-10,12-15,17H2,1-2H3,(H,25,27). The number of carbonyl (C=O) groups is 2. The van der Waals surface area contributed by atoms with Crippen LogP contribution in [0.4, 0.5) is 0 Å². The average Bonchev–Trinajstić information content (AvgIpc) is 2.82. The molecule has 0 bridgehead atoms. The van der Waals surface area contributed by atoms with Gasteiger partial charge in [-0.2, -0.15) is 4.31 Å². The van der Waals surface area contributed by atoms with Crippen LogP contribution in [0.2, 0.25) is 0 Å². The lowest BCUT2D eigenvalue weighted by Crippen LogP contribution is -2.40. The maximum Gasteiger partial charge on any atom is 0.338 e. The van der Waals surface area contributed by atoms with Crippen molar-refractivity contribution in [1.82, 2.24) is 9.62 Å². The molecule has 1 aliphatic rings. The highest BCUT2D eigenvalue weighted by Crippen LogP contribution is 2.21. The van der Waals surface area contributed by atoms with Gasteiger partial charge in [0, 0.05) is 19.1 Å². The molecular weight excluding hydrogens is 444 g/mol. The highest BCUT2D eigenvalue weighted by Gasteiger charge is 2.27. The second-order valence-corrected chi connectivity index (χ2v) is 10.0. The molecule has 2 aromatic carbocycles. The number of benzene rings is 2. The van der Waals surface area contributed by atoms with Crippen LogP contribution in [0.15, 0.2) is 53.4 Å². The molecule has 178 valence electrons. The first-order valence-electron chi connectivity index (χ1n) is 11.0.